The third kappa shape index (κ3) is 2.87. The zero-order valence-corrected chi connectivity index (χ0v) is 10.6. The minimum absolute atomic E-state index is 0.102. The van der Waals surface area contributed by atoms with Gasteiger partial charge in [0.1, 0.15) is 10.7 Å². The van der Waals surface area contributed by atoms with Crippen LogP contribution in [0.5, 0.6) is 0 Å². The molecule has 1 aromatic heterocycles. The Morgan fingerprint density at radius 2 is 2.17 bits per heavy atom. The van der Waals surface area contributed by atoms with Crippen LogP contribution in [-0.2, 0) is 16.6 Å². The summed E-state index contributed by atoms with van der Waals surface area (Å²) in [7, 11) is -3.78. The van der Waals surface area contributed by atoms with Crippen molar-refractivity contribution in [2.75, 3.05) is 0 Å². The van der Waals surface area contributed by atoms with Crippen LogP contribution in [0.1, 0.15) is 5.56 Å². The van der Waals surface area contributed by atoms with Crippen LogP contribution in [0.4, 0.5) is 4.39 Å². The highest BCUT2D eigenvalue weighted by molar-refractivity contribution is 7.89. The van der Waals surface area contributed by atoms with Gasteiger partial charge in [-0.25, -0.2) is 17.9 Å². The summed E-state index contributed by atoms with van der Waals surface area (Å²) in [6, 6.07) is 3.93. The van der Waals surface area contributed by atoms with Gasteiger partial charge in [-0.1, -0.05) is 11.6 Å². The van der Waals surface area contributed by atoms with Crippen LogP contribution >= 0.6 is 11.6 Å². The Bertz CT molecular complexity index is 684. The molecule has 0 amide bonds. The van der Waals surface area contributed by atoms with Crippen LogP contribution in [0, 0.1) is 5.82 Å². The van der Waals surface area contributed by atoms with Crippen LogP contribution in [0.15, 0.2) is 35.5 Å². The van der Waals surface area contributed by atoms with E-state index in [2.05, 4.69) is 5.10 Å². The molecule has 1 heterocycles. The Morgan fingerprint density at radius 1 is 1.44 bits per heavy atom. The number of hydrogen-bond donors (Lipinski definition) is 1. The average molecular weight is 290 g/mol. The molecular weight excluding hydrogens is 281 g/mol. The first kappa shape index (κ1) is 13.0. The number of hydrogen-bond acceptors (Lipinski definition) is 3. The first-order chi connectivity index (χ1) is 8.36. The predicted octanol–water partition coefficient (Wildman–Crippen LogP) is 1.37. The lowest BCUT2D eigenvalue weighted by molar-refractivity contribution is 0.597. The SMILES string of the molecule is NS(=O)(=O)c1cnn(Cc2cc(F)ccc2Cl)c1. The quantitative estimate of drug-likeness (QED) is 0.927. The van der Waals surface area contributed by atoms with Crippen LogP contribution in [-0.4, -0.2) is 18.2 Å². The van der Waals surface area contributed by atoms with Crippen molar-refractivity contribution < 1.29 is 12.8 Å². The summed E-state index contributed by atoms with van der Waals surface area (Å²) in [5.74, 6) is -0.423. The van der Waals surface area contributed by atoms with Crippen LogP contribution in [0.3, 0.4) is 0 Å². The van der Waals surface area contributed by atoms with Crippen molar-refractivity contribution >= 4 is 21.6 Å². The summed E-state index contributed by atoms with van der Waals surface area (Å²) in [5, 5.41) is 9.15. The second-order valence-corrected chi connectivity index (χ2v) is 5.62. The van der Waals surface area contributed by atoms with E-state index in [0.717, 1.165) is 6.20 Å². The van der Waals surface area contributed by atoms with Gasteiger partial charge in [0.05, 0.1) is 12.7 Å². The van der Waals surface area contributed by atoms with Gasteiger partial charge in [0.15, 0.2) is 0 Å². The van der Waals surface area contributed by atoms with Gasteiger partial charge in [-0.2, -0.15) is 5.10 Å². The molecule has 1 aromatic carbocycles. The molecule has 2 N–H and O–H groups in total. The van der Waals surface area contributed by atoms with Gasteiger partial charge in [-0.15, -0.1) is 0 Å². The average Bonchev–Trinajstić information content (AvgIpc) is 2.71. The maximum absolute atomic E-state index is 13.0. The molecule has 0 unspecified atom stereocenters. The maximum Gasteiger partial charge on any atom is 0.241 e. The van der Waals surface area contributed by atoms with E-state index in [1.165, 1.54) is 29.1 Å². The molecule has 2 rings (SSSR count). The first-order valence-corrected chi connectivity index (χ1v) is 6.78. The molecular formula is C10H9ClFN3O2S. The molecule has 0 atom stereocenters. The van der Waals surface area contributed by atoms with Gasteiger partial charge in [-0.3, -0.25) is 4.68 Å². The highest BCUT2D eigenvalue weighted by Crippen LogP contribution is 2.18. The second-order valence-electron chi connectivity index (χ2n) is 3.65. The Hall–Kier alpha value is -1.44. The zero-order chi connectivity index (χ0) is 13.3. The fraction of sp³-hybridized carbons (Fsp3) is 0.100. The Labute approximate surface area is 108 Å². The standard InChI is InChI=1S/C10H9ClFN3O2S/c11-10-2-1-8(12)3-7(10)5-15-6-9(4-14-15)18(13,16)17/h1-4,6H,5H2,(H2,13,16,17). The number of halogens is 2. The van der Waals surface area contributed by atoms with E-state index in [0.29, 0.717) is 10.6 Å². The molecule has 2 aromatic rings. The van der Waals surface area contributed by atoms with Gasteiger partial charge < -0.3 is 0 Å². The molecule has 0 spiro atoms. The number of nitrogens with two attached hydrogens (primary N) is 1. The molecule has 5 nitrogen and oxygen atoms in total. The van der Waals surface area contributed by atoms with Crippen molar-refractivity contribution in [3.63, 3.8) is 0 Å². The molecule has 0 radical (unpaired) electrons. The van der Waals surface area contributed by atoms with Gasteiger partial charge in [0, 0.05) is 11.2 Å². The van der Waals surface area contributed by atoms with Crippen molar-refractivity contribution in [2.45, 2.75) is 11.4 Å². The minimum atomic E-state index is -3.78. The van der Waals surface area contributed by atoms with E-state index in [9.17, 15) is 12.8 Å². The van der Waals surface area contributed by atoms with Crippen LogP contribution in [0.2, 0.25) is 5.02 Å². The highest BCUT2D eigenvalue weighted by atomic mass is 35.5. The van der Waals surface area contributed by atoms with E-state index >= 15 is 0 Å². The third-order valence-corrected chi connectivity index (χ3v) is 3.51. The number of aromatic nitrogens is 2. The van der Waals surface area contributed by atoms with Gasteiger partial charge in [0.2, 0.25) is 10.0 Å². The summed E-state index contributed by atoms with van der Waals surface area (Å²) in [6.07, 6.45) is 2.39. The number of benzene rings is 1. The highest BCUT2D eigenvalue weighted by Gasteiger charge is 2.11. The van der Waals surface area contributed by atoms with Gasteiger partial charge >= 0.3 is 0 Å². The van der Waals surface area contributed by atoms with E-state index in [1.807, 2.05) is 0 Å². The molecule has 18 heavy (non-hydrogen) atoms. The number of nitrogens with zero attached hydrogens (tertiary/aromatic N) is 2. The Morgan fingerprint density at radius 3 is 2.78 bits per heavy atom. The summed E-state index contributed by atoms with van der Waals surface area (Å²) in [4.78, 5) is -0.102. The molecule has 8 heteroatoms. The molecule has 0 aliphatic rings. The molecule has 0 aliphatic carbocycles. The molecule has 0 fully saturated rings. The van der Waals surface area contributed by atoms with E-state index in [4.69, 9.17) is 16.7 Å². The van der Waals surface area contributed by atoms with Crippen molar-refractivity contribution in [1.82, 2.24) is 9.78 Å². The normalized spacial score (nSPS) is 11.7. The van der Waals surface area contributed by atoms with Crippen molar-refractivity contribution in [2.24, 2.45) is 5.14 Å². The van der Waals surface area contributed by atoms with Crippen molar-refractivity contribution in [3.8, 4) is 0 Å². The largest absolute Gasteiger partial charge is 0.267 e. The zero-order valence-electron chi connectivity index (χ0n) is 9.05. The first-order valence-electron chi connectivity index (χ1n) is 4.85. The van der Waals surface area contributed by atoms with Crippen molar-refractivity contribution in [1.29, 1.82) is 0 Å². The van der Waals surface area contributed by atoms with E-state index in [1.54, 1.807) is 0 Å². The summed E-state index contributed by atoms with van der Waals surface area (Å²) in [6.45, 7) is 0.159. The molecule has 0 bridgehead atoms. The fourth-order valence-electron chi connectivity index (χ4n) is 1.42. The third-order valence-electron chi connectivity index (χ3n) is 2.28. The van der Waals surface area contributed by atoms with Crippen LogP contribution < -0.4 is 5.14 Å². The number of primary sulfonamides is 1. The van der Waals surface area contributed by atoms with Gasteiger partial charge in [-0.05, 0) is 23.8 Å². The smallest absolute Gasteiger partial charge is 0.241 e. The number of rotatable bonds is 3. The molecule has 0 saturated carbocycles. The topological polar surface area (TPSA) is 78.0 Å². The maximum atomic E-state index is 13.0. The lowest BCUT2D eigenvalue weighted by Gasteiger charge is -2.04. The van der Waals surface area contributed by atoms with E-state index < -0.39 is 15.8 Å². The molecule has 0 saturated heterocycles. The number of sulfonamides is 1. The lowest BCUT2D eigenvalue weighted by atomic mass is 10.2. The Balaban J connectivity index is 2.29. The molecule has 0 aliphatic heterocycles. The van der Waals surface area contributed by atoms with Crippen molar-refractivity contribution in [3.05, 3.63) is 47.0 Å². The minimum Gasteiger partial charge on any atom is -0.267 e. The predicted molar refractivity (Wildman–Crippen MR) is 64.1 cm³/mol. The summed E-state index contributed by atoms with van der Waals surface area (Å²) >= 11 is 5.89. The lowest BCUT2D eigenvalue weighted by Crippen LogP contribution is -2.11. The monoisotopic (exact) mass is 289 g/mol. The molecule has 96 valence electrons. The Kier molecular flexibility index (Phi) is 3.38. The fourth-order valence-corrected chi connectivity index (χ4v) is 2.06. The van der Waals surface area contributed by atoms with E-state index in [-0.39, 0.29) is 11.4 Å². The van der Waals surface area contributed by atoms with Gasteiger partial charge in [0.25, 0.3) is 0 Å². The summed E-state index contributed by atoms with van der Waals surface area (Å²) in [5.41, 5.74) is 0.501. The second kappa shape index (κ2) is 4.68. The van der Waals surface area contributed by atoms with Crippen LogP contribution in [0.25, 0.3) is 0 Å². The summed E-state index contributed by atoms with van der Waals surface area (Å²) < 4.78 is 36.5.